The van der Waals surface area contributed by atoms with E-state index < -0.39 is 0 Å². The third-order valence-corrected chi connectivity index (χ3v) is 5.01. The number of cyclic esters (lactones) is 1. The largest absolute Gasteiger partial charge is 0.454 e. The van der Waals surface area contributed by atoms with Gasteiger partial charge in [-0.1, -0.05) is 47.5 Å². The number of hydrogen-bond donors (Lipinski definition) is 1. The molecular weight excluding hydrogens is 374 g/mol. The van der Waals surface area contributed by atoms with Crippen LogP contribution in [0.5, 0.6) is 0 Å². The van der Waals surface area contributed by atoms with Crippen molar-refractivity contribution in [3.05, 3.63) is 99.6 Å². The van der Waals surface area contributed by atoms with Gasteiger partial charge in [-0.3, -0.25) is 4.79 Å². The van der Waals surface area contributed by atoms with Gasteiger partial charge < -0.3 is 10.1 Å². The zero-order valence-corrected chi connectivity index (χ0v) is 16.0. The molecule has 0 aliphatic carbocycles. The highest BCUT2D eigenvalue weighted by molar-refractivity contribution is 6.31. The van der Waals surface area contributed by atoms with Crippen LogP contribution in [0.25, 0.3) is 0 Å². The molecule has 0 unspecified atom stereocenters. The van der Waals surface area contributed by atoms with Crippen molar-refractivity contribution in [1.82, 2.24) is 0 Å². The summed E-state index contributed by atoms with van der Waals surface area (Å²) in [5.41, 5.74) is 4.50. The van der Waals surface area contributed by atoms with E-state index in [1.165, 1.54) is 0 Å². The number of anilines is 1. The third kappa shape index (κ3) is 3.78. The molecule has 1 heterocycles. The molecule has 0 aromatic heterocycles. The Labute approximate surface area is 168 Å². The molecule has 4 rings (SSSR count). The van der Waals surface area contributed by atoms with E-state index in [9.17, 15) is 9.59 Å². The number of esters is 1. The molecule has 0 saturated carbocycles. The number of nitrogens with one attached hydrogen (secondary N) is 1. The molecule has 1 aliphatic heterocycles. The lowest BCUT2D eigenvalue weighted by atomic mass is 9.92. The van der Waals surface area contributed by atoms with Crippen LogP contribution < -0.4 is 5.32 Å². The highest BCUT2D eigenvalue weighted by Crippen LogP contribution is 2.31. The second-order valence-electron chi connectivity index (χ2n) is 6.85. The first-order valence-corrected chi connectivity index (χ1v) is 9.35. The van der Waals surface area contributed by atoms with E-state index >= 15 is 0 Å². The first kappa shape index (κ1) is 18.3. The Balaban J connectivity index is 1.58. The van der Waals surface area contributed by atoms with Gasteiger partial charge in [-0.15, -0.1) is 0 Å². The van der Waals surface area contributed by atoms with Crippen LogP contribution >= 0.6 is 11.6 Å². The van der Waals surface area contributed by atoms with Gasteiger partial charge in [-0.05, 0) is 54.4 Å². The predicted molar refractivity (Wildman–Crippen MR) is 109 cm³/mol. The van der Waals surface area contributed by atoms with Gasteiger partial charge in [0.2, 0.25) is 0 Å². The van der Waals surface area contributed by atoms with Crippen molar-refractivity contribution in [3.8, 4) is 0 Å². The molecule has 140 valence electrons. The SMILES string of the molecule is Cc1ccc([C@H]2Cc3cc(C(=O)Nc4cccc(Cl)c4)ccc3C(=O)O2)cc1. The summed E-state index contributed by atoms with van der Waals surface area (Å²) in [6.45, 7) is 2.01. The third-order valence-electron chi connectivity index (χ3n) is 4.77. The summed E-state index contributed by atoms with van der Waals surface area (Å²) in [4.78, 5) is 25.0. The summed E-state index contributed by atoms with van der Waals surface area (Å²) in [6, 6.07) is 19.9. The van der Waals surface area contributed by atoms with Crippen molar-refractivity contribution in [1.29, 1.82) is 0 Å². The molecule has 1 aliphatic rings. The van der Waals surface area contributed by atoms with Crippen LogP contribution in [0.15, 0.2) is 66.7 Å². The average molecular weight is 392 g/mol. The Kier molecular flexibility index (Phi) is 4.88. The fourth-order valence-electron chi connectivity index (χ4n) is 3.27. The lowest BCUT2D eigenvalue weighted by molar-refractivity contribution is 0.0252. The number of ether oxygens (including phenoxy) is 1. The quantitative estimate of drug-likeness (QED) is 0.612. The Morgan fingerprint density at radius 1 is 1.07 bits per heavy atom. The molecule has 1 atom stereocenters. The second-order valence-corrected chi connectivity index (χ2v) is 7.28. The van der Waals surface area contributed by atoms with E-state index in [-0.39, 0.29) is 18.0 Å². The van der Waals surface area contributed by atoms with Crippen molar-refractivity contribution in [2.75, 3.05) is 5.32 Å². The maximum Gasteiger partial charge on any atom is 0.339 e. The number of carbonyl (C=O) groups is 2. The van der Waals surface area contributed by atoms with Gasteiger partial charge in [0.1, 0.15) is 6.10 Å². The number of carbonyl (C=O) groups excluding carboxylic acids is 2. The van der Waals surface area contributed by atoms with Crippen molar-refractivity contribution in [2.24, 2.45) is 0 Å². The van der Waals surface area contributed by atoms with Crippen molar-refractivity contribution in [3.63, 3.8) is 0 Å². The molecule has 0 spiro atoms. The van der Waals surface area contributed by atoms with E-state index in [1.807, 2.05) is 31.2 Å². The molecule has 28 heavy (non-hydrogen) atoms. The maximum atomic E-state index is 12.6. The second kappa shape index (κ2) is 7.49. The number of benzene rings is 3. The number of aryl methyl sites for hydroxylation is 1. The Morgan fingerprint density at radius 2 is 1.86 bits per heavy atom. The summed E-state index contributed by atoms with van der Waals surface area (Å²) in [7, 11) is 0. The molecular formula is C23H18ClNO3. The van der Waals surface area contributed by atoms with Crippen LogP contribution in [-0.2, 0) is 11.2 Å². The first-order valence-electron chi connectivity index (χ1n) is 8.97. The monoisotopic (exact) mass is 391 g/mol. The number of hydrogen-bond acceptors (Lipinski definition) is 3. The molecule has 0 fully saturated rings. The van der Waals surface area contributed by atoms with Crippen LogP contribution in [0.1, 0.15) is 43.5 Å². The Morgan fingerprint density at radius 3 is 2.61 bits per heavy atom. The standard InChI is InChI=1S/C23H18ClNO3/c1-14-5-7-15(8-6-14)21-12-17-11-16(9-10-20(17)23(27)28-21)22(26)25-19-4-2-3-18(24)13-19/h2-11,13,21H,12H2,1H3,(H,25,26)/t21-/m1/s1. The minimum atomic E-state index is -0.367. The van der Waals surface area contributed by atoms with Gasteiger partial charge in [-0.25, -0.2) is 4.79 Å². The maximum absolute atomic E-state index is 12.6. The van der Waals surface area contributed by atoms with E-state index in [0.717, 1.165) is 16.7 Å². The molecule has 0 saturated heterocycles. The van der Waals surface area contributed by atoms with Crippen LogP contribution in [0.2, 0.25) is 5.02 Å². The molecule has 0 bridgehead atoms. The fourth-order valence-corrected chi connectivity index (χ4v) is 3.46. The summed E-state index contributed by atoms with van der Waals surface area (Å²) >= 11 is 5.97. The fraction of sp³-hybridized carbons (Fsp3) is 0.130. The van der Waals surface area contributed by atoms with Gasteiger partial charge >= 0.3 is 5.97 Å². The van der Waals surface area contributed by atoms with Crippen LogP contribution in [0.3, 0.4) is 0 Å². The van der Waals surface area contributed by atoms with Gasteiger partial charge in [0, 0.05) is 22.7 Å². The highest BCUT2D eigenvalue weighted by atomic mass is 35.5. The van der Waals surface area contributed by atoms with E-state index in [0.29, 0.717) is 28.3 Å². The van der Waals surface area contributed by atoms with Gasteiger partial charge in [0.25, 0.3) is 5.91 Å². The van der Waals surface area contributed by atoms with E-state index in [4.69, 9.17) is 16.3 Å². The lowest BCUT2D eigenvalue weighted by Crippen LogP contribution is -2.23. The molecule has 1 amide bonds. The molecule has 3 aromatic carbocycles. The van der Waals surface area contributed by atoms with Crippen LogP contribution in [0.4, 0.5) is 5.69 Å². The predicted octanol–water partition coefficient (Wildman–Crippen LogP) is 5.35. The van der Waals surface area contributed by atoms with Gasteiger partial charge in [-0.2, -0.15) is 0 Å². The minimum Gasteiger partial charge on any atom is -0.454 e. The zero-order valence-electron chi connectivity index (χ0n) is 15.2. The zero-order chi connectivity index (χ0) is 19.7. The molecule has 0 radical (unpaired) electrons. The van der Waals surface area contributed by atoms with Crippen molar-refractivity contribution in [2.45, 2.75) is 19.4 Å². The Bertz CT molecular complexity index is 1060. The van der Waals surface area contributed by atoms with E-state index in [1.54, 1.807) is 42.5 Å². The number of rotatable bonds is 3. The summed E-state index contributed by atoms with van der Waals surface area (Å²) in [6.07, 6.45) is 0.175. The number of amides is 1. The smallest absolute Gasteiger partial charge is 0.339 e. The van der Waals surface area contributed by atoms with Crippen LogP contribution in [0, 0.1) is 6.92 Å². The molecule has 1 N–H and O–H groups in total. The first-order chi connectivity index (χ1) is 13.5. The number of fused-ring (bicyclic) bond motifs is 1. The highest BCUT2D eigenvalue weighted by Gasteiger charge is 2.28. The topological polar surface area (TPSA) is 55.4 Å². The van der Waals surface area contributed by atoms with Gasteiger partial charge in [0.15, 0.2) is 0 Å². The van der Waals surface area contributed by atoms with Crippen molar-refractivity contribution >= 4 is 29.2 Å². The number of halogens is 1. The molecule has 4 nitrogen and oxygen atoms in total. The molecule has 5 heteroatoms. The normalized spacial score (nSPS) is 15.5. The summed E-state index contributed by atoms with van der Waals surface area (Å²) in [5.74, 6) is -0.621. The summed E-state index contributed by atoms with van der Waals surface area (Å²) in [5, 5.41) is 3.37. The minimum absolute atomic E-state index is 0.254. The summed E-state index contributed by atoms with van der Waals surface area (Å²) < 4.78 is 5.59. The van der Waals surface area contributed by atoms with Gasteiger partial charge in [0.05, 0.1) is 5.56 Å². The van der Waals surface area contributed by atoms with E-state index in [2.05, 4.69) is 5.32 Å². The van der Waals surface area contributed by atoms with Crippen molar-refractivity contribution < 1.29 is 14.3 Å². The Hall–Kier alpha value is -3.11. The lowest BCUT2D eigenvalue weighted by Gasteiger charge is -2.25. The average Bonchev–Trinajstić information content (AvgIpc) is 2.68. The van der Waals surface area contributed by atoms with Crippen LogP contribution in [-0.4, -0.2) is 11.9 Å². The molecule has 3 aromatic rings.